The third kappa shape index (κ3) is 5.09. The molecule has 1 N–H and O–H groups in total. The van der Waals surface area contributed by atoms with Gasteiger partial charge in [0.2, 0.25) is 0 Å². The van der Waals surface area contributed by atoms with Gasteiger partial charge in [-0.1, -0.05) is 43.0 Å². The number of hydrogen-bond donors (Lipinski definition) is 1. The Morgan fingerprint density at radius 2 is 1.87 bits per heavy atom. The van der Waals surface area contributed by atoms with Crippen molar-refractivity contribution in [2.24, 2.45) is 0 Å². The zero-order valence-electron chi connectivity index (χ0n) is 14.0. The molecule has 2 rings (SSSR count). The summed E-state index contributed by atoms with van der Waals surface area (Å²) >= 11 is 0. The SMILES string of the molecule is C=Cc1ccc([SiH2]O[Si](C)(C)Cc2ccc(O)c(OC)c2)cc1. The first-order chi connectivity index (χ1) is 10.9. The van der Waals surface area contributed by atoms with Gasteiger partial charge in [-0.2, -0.15) is 0 Å². The molecule has 0 radical (unpaired) electrons. The first kappa shape index (κ1) is 17.5. The fourth-order valence-corrected chi connectivity index (χ4v) is 6.67. The molecule has 0 amide bonds. The highest BCUT2D eigenvalue weighted by Crippen LogP contribution is 2.27. The topological polar surface area (TPSA) is 38.7 Å². The smallest absolute Gasteiger partial charge is 0.178 e. The van der Waals surface area contributed by atoms with Gasteiger partial charge in [0.1, 0.15) is 0 Å². The molecule has 122 valence electrons. The molecule has 0 unspecified atom stereocenters. The van der Waals surface area contributed by atoms with E-state index in [1.165, 1.54) is 5.19 Å². The zero-order chi connectivity index (χ0) is 16.9. The third-order valence-corrected chi connectivity index (χ3v) is 9.49. The lowest BCUT2D eigenvalue weighted by molar-refractivity contribution is 0.373. The molecule has 0 heterocycles. The normalized spacial score (nSPS) is 11.8. The molecule has 0 aliphatic rings. The Morgan fingerprint density at radius 1 is 1.17 bits per heavy atom. The van der Waals surface area contributed by atoms with Gasteiger partial charge in [0, 0.05) is 0 Å². The zero-order valence-corrected chi connectivity index (χ0v) is 16.4. The Hall–Kier alpha value is -1.83. The Labute approximate surface area is 141 Å². The fraction of sp³-hybridized carbons (Fsp3) is 0.222. The predicted molar refractivity (Wildman–Crippen MR) is 102 cm³/mol. The van der Waals surface area contributed by atoms with Crippen LogP contribution in [0.3, 0.4) is 0 Å². The maximum Gasteiger partial charge on any atom is 0.178 e. The van der Waals surface area contributed by atoms with E-state index in [0.29, 0.717) is 5.75 Å². The summed E-state index contributed by atoms with van der Waals surface area (Å²) < 4.78 is 11.5. The number of phenols is 1. The second kappa shape index (κ2) is 7.63. The van der Waals surface area contributed by atoms with Crippen LogP contribution in [0, 0.1) is 0 Å². The average molecular weight is 345 g/mol. The molecular formula is C18H24O3Si2. The van der Waals surface area contributed by atoms with Crippen LogP contribution >= 0.6 is 0 Å². The van der Waals surface area contributed by atoms with E-state index in [9.17, 15) is 5.11 Å². The minimum absolute atomic E-state index is 0.174. The number of benzene rings is 2. The van der Waals surface area contributed by atoms with Crippen molar-refractivity contribution < 1.29 is 14.0 Å². The van der Waals surface area contributed by atoms with Crippen LogP contribution in [0.2, 0.25) is 13.1 Å². The van der Waals surface area contributed by atoms with Crippen molar-refractivity contribution in [3.63, 3.8) is 0 Å². The van der Waals surface area contributed by atoms with Gasteiger partial charge in [-0.25, -0.2) is 0 Å². The molecule has 0 spiro atoms. The van der Waals surface area contributed by atoms with E-state index >= 15 is 0 Å². The number of hydrogen-bond acceptors (Lipinski definition) is 3. The predicted octanol–water partition coefficient (Wildman–Crippen LogP) is 2.76. The second-order valence-corrected chi connectivity index (χ2v) is 12.3. The first-order valence-electron chi connectivity index (χ1n) is 7.65. The van der Waals surface area contributed by atoms with Gasteiger partial charge in [0.15, 0.2) is 29.6 Å². The Balaban J connectivity index is 1.99. The number of methoxy groups -OCH3 is 1. The van der Waals surface area contributed by atoms with Crippen molar-refractivity contribution in [2.45, 2.75) is 19.1 Å². The Morgan fingerprint density at radius 3 is 2.48 bits per heavy atom. The number of phenolic OH excluding ortho intramolecular Hbond substituents is 1. The van der Waals surface area contributed by atoms with E-state index in [-0.39, 0.29) is 5.75 Å². The van der Waals surface area contributed by atoms with Gasteiger partial charge in [-0.3, -0.25) is 0 Å². The van der Waals surface area contributed by atoms with Gasteiger partial charge in [0.25, 0.3) is 0 Å². The van der Waals surface area contributed by atoms with Gasteiger partial charge in [-0.05, 0) is 47.6 Å². The average Bonchev–Trinajstić information content (AvgIpc) is 2.55. The quantitative estimate of drug-likeness (QED) is 0.785. The van der Waals surface area contributed by atoms with E-state index in [2.05, 4.69) is 43.9 Å². The molecule has 0 aliphatic heterocycles. The van der Waals surface area contributed by atoms with Crippen molar-refractivity contribution in [1.82, 2.24) is 0 Å². The minimum Gasteiger partial charge on any atom is -0.504 e. The van der Waals surface area contributed by atoms with Gasteiger partial charge < -0.3 is 14.0 Å². The maximum atomic E-state index is 9.68. The largest absolute Gasteiger partial charge is 0.504 e. The maximum absolute atomic E-state index is 9.68. The number of rotatable bonds is 7. The summed E-state index contributed by atoms with van der Waals surface area (Å²) in [6, 6.07) is 14.9. The molecule has 2 aromatic rings. The van der Waals surface area contributed by atoms with E-state index in [1.54, 1.807) is 13.2 Å². The first-order valence-corrected chi connectivity index (χ1v) is 12.0. The molecule has 0 saturated heterocycles. The molecule has 0 atom stereocenters. The van der Waals surface area contributed by atoms with E-state index in [0.717, 1.165) is 17.2 Å². The molecule has 0 aromatic heterocycles. The standard InChI is InChI=1S/C18H24O3Si2/c1-5-14-6-9-16(10-7-14)22-21-23(3,4)13-15-8-11-17(19)18(12-15)20-2/h5-12,19H,1,13,22H2,2-4H3. The van der Waals surface area contributed by atoms with Gasteiger partial charge in [-0.15, -0.1) is 0 Å². The molecular weight excluding hydrogens is 320 g/mol. The molecule has 2 aromatic carbocycles. The lowest BCUT2D eigenvalue weighted by Crippen LogP contribution is -2.38. The fourth-order valence-electron chi connectivity index (χ4n) is 2.40. The van der Waals surface area contributed by atoms with Crippen LogP contribution in [-0.2, 0) is 10.2 Å². The van der Waals surface area contributed by atoms with E-state index in [4.69, 9.17) is 8.85 Å². The van der Waals surface area contributed by atoms with Crippen LogP contribution in [0.25, 0.3) is 6.08 Å². The van der Waals surface area contributed by atoms with Crippen molar-refractivity contribution >= 4 is 29.3 Å². The molecule has 0 bridgehead atoms. The Kier molecular flexibility index (Phi) is 5.82. The molecule has 3 nitrogen and oxygen atoms in total. The molecule has 0 aliphatic carbocycles. The molecule has 0 saturated carbocycles. The summed E-state index contributed by atoms with van der Waals surface area (Å²) in [6.07, 6.45) is 1.85. The molecule has 23 heavy (non-hydrogen) atoms. The van der Waals surface area contributed by atoms with Crippen LogP contribution in [0.15, 0.2) is 49.0 Å². The van der Waals surface area contributed by atoms with Gasteiger partial charge >= 0.3 is 0 Å². The summed E-state index contributed by atoms with van der Waals surface area (Å²) in [6.45, 7) is 8.24. The highest BCUT2D eigenvalue weighted by atomic mass is 28.4. The van der Waals surface area contributed by atoms with Crippen molar-refractivity contribution in [1.29, 1.82) is 0 Å². The van der Waals surface area contributed by atoms with Crippen LogP contribution in [-0.4, -0.2) is 30.3 Å². The molecule has 5 heteroatoms. The summed E-state index contributed by atoms with van der Waals surface area (Å²) in [4.78, 5) is 0. The van der Waals surface area contributed by atoms with E-state index < -0.39 is 18.1 Å². The molecule has 0 fully saturated rings. The van der Waals surface area contributed by atoms with E-state index in [1.807, 2.05) is 18.2 Å². The highest BCUT2D eigenvalue weighted by molar-refractivity contribution is 6.76. The lowest BCUT2D eigenvalue weighted by atomic mass is 10.2. The van der Waals surface area contributed by atoms with Crippen molar-refractivity contribution in [2.75, 3.05) is 7.11 Å². The minimum atomic E-state index is -1.80. The van der Waals surface area contributed by atoms with Gasteiger partial charge in [0.05, 0.1) is 7.11 Å². The van der Waals surface area contributed by atoms with Crippen LogP contribution in [0.1, 0.15) is 11.1 Å². The highest BCUT2D eigenvalue weighted by Gasteiger charge is 2.23. The summed E-state index contributed by atoms with van der Waals surface area (Å²) in [5, 5.41) is 11.0. The van der Waals surface area contributed by atoms with Crippen LogP contribution < -0.4 is 9.92 Å². The lowest BCUT2D eigenvalue weighted by Gasteiger charge is -2.24. The monoisotopic (exact) mass is 344 g/mol. The number of ether oxygens (including phenoxy) is 1. The van der Waals surface area contributed by atoms with Crippen molar-refractivity contribution in [3.05, 3.63) is 60.2 Å². The summed E-state index contributed by atoms with van der Waals surface area (Å²) in [5.41, 5.74) is 2.28. The second-order valence-electron chi connectivity index (χ2n) is 6.18. The summed E-state index contributed by atoms with van der Waals surface area (Å²) in [7, 11) is -0.961. The summed E-state index contributed by atoms with van der Waals surface area (Å²) in [5.74, 6) is 0.692. The Bertz CT molecular complexity index is 666. The van der Waals surface area contributed by atoms with Crippen LogP contribution in [0.4, 0.5) is 0 Å². The van der Waals surface area contributed by atoms with Crippen molar-refractivity contribution in [3.8, 4) is 11.5 Å². The third-order valence-electron chi connectivity index (χ3n) is 3.72. The number of aromatic hydroxyl groups is 1. The van der Waals surface area contributed by atoms with Crippen LogP contribution in [0.5, 0.6) is 11.5 Å².